The topological polar surface area (TPSA) is 384 Å². The van der Waals surface area contributed by atoms with Gasteiger partial charge in [0.05, 0.1) is 25.8 Å². The van der Waals surface area contributed by atoms with Crippen LogP contribution in [0.25, 0.3) is 12.2 Å². The SMILES string of the molecule is COc1cc(C2[OH+]c3cc(O)cc(O[C@@H]4O[C@H](COC(=O)CC(=O)O)[C@@H](OC(=O)CC(=O)O)[C@H](O)[C@H]4O)c3C=C2O[C@@H]2O[C@H](COC(=O)/C=C/c3ccc(O)cc3)[C@@H](O)[C@H](O)[C@H]2O)cc(OC)c1O. The van der Waals surface area contributed by atoms with Gasteiger partial charge in [0.15, 0.2) is 23.4 Å². The third-order valence-corrected chi connectivity index (χ3v) is 10.5. The van der Waals surface area contributed by atoms with Crippen molar-refractivity contribution in [1.29, 1.82) is 0 Å². The number of carbonyl (C=O) groups excluding carboxylic acids is 3. The van der Waals surface area contributed by atoms with E-state index in [0.717, 1.165) is 12.1 Å². The fourth-order valence-corrected chi connectivity index (χ4v) is 7.10. The van der Waals surface area contributed by atoms with E-state index in [1.54, 1.807) is 0 Å². The molecule has 372 valence electrons. The van der Waals surface area contributed by atoms with Gasteiger partial charge in [-0.1, -0.05) is 12.1 Å². The molecule has 3 heterocycles. The first-order valence-electron chi connectivity index (χ1n) is 20.5. The molecule has 11 N–H and O–H groups in total. The van der Waals surface area contributed by atoms with Crippen LogP contribution >= 0.6 is 0 Å². The van der Waals surface area contributed by atoms with E-state index in [4.69, 9.17) is 57.6 Å². The number of hydrogen-bond acceptors (Lipinski definition) is 22. The highest BCUT2D eigenvalue weighted by Gasteiger charge is 2.50. The summed E-state index contributed by atoms with van der Waals surface area (Å²) < 4.78 is 54.4. The number of phenols is 3. The number of carbonyl (C=O) groups is 5. The van der Waals surface area contributed by atoms with Crippen molar-refractivity contribution in [1.82, 2.24) is 0 Å². The Morgan fingerprint density at radius 1 is 0.667 bits per heavy atom. The van der Waals surface area contributed by atoms with Crippen LogP contribution < -0.4 is 14.2 Å². The summed E-state index contributed by atoms with van der Waals surface area (Å²) in [5, 5.41) is 104. The van der Waals surface area contributed by atoms with E-state index in [9.17, 15) is 64.8 Å². The number of fused-ring (bicyclic) bond motifs is 1. The van der Waals surface area contributed by atoms with Gasteiger partial charge in [0.25, 0.3) is 11.9 Å². The zero-order valence-electron chi connectivity index (χ0n) is 36.2. The Labute approximate surface area is 389 Å². The lowest BCUT2D eigenvalue weighted by Crippen LogP contribution is -2.61. The lowest BCUT2D eigenvalue weighted by molar-refractivity contribution is -0.296. The second-order valence-electron chi connectivity index (χ2n) is 15.3. The third-order valence-electron chi connectivity index (χ3n) is 10.5. The summed E-state index contributed by atoms with van der Waals surface area (Å²) in [4.78, 5) is 59.3. The van der Waals surface area contributed by atoms with E-state index < -0.39 is 135 Å². The van der Waals surface area contributed by atoms with E-state index in [1.165, 1.54) is 68.8 Å². The van der Waals surface area contributed by atoms with Crippen molar-refractivity contribution < 1.29 is 122 Å². The van der Waals surface area contributed by atoms with Gasteiger partial charge in [-0.05, 0) is 35.9 Å². The van der Waals surface area contributed by atoms with Crippen LogP contribution in [0.15, 0.2) is 60.4 Å². The summed E-state index contributed by atoms with van der Waals surface area (Å²) in [6.45, 7) is -1.59. The van der Waals surface area contributed by atoms with Gasteiger partial charge in [-0.15, -0.1) is 0 Å². The summed E-state index contributed by atoms with van der Waals surface area (Å²) >= 11 is 0. The summed E-state index contributed by atoms with van der Waals surface area (Å²) in [6.07, 6.45) is -19.0. The van der Waals surface area contributed by atoms with Crippen LogP contribution in [0.2, 0.25) is 0 Å². The number of aliphatic hydroxyl groups is 6. The Morgan fingerprint density at radius 2 is 1.26 bits per heavy atom. The van der Waals surface area contributed by atoms with E-state index >= 15 is 0 Å². The van der Waals surface area contributed by atoms with E-state index in [2.05, 4.69) is 0 Å². The molecule has 0 aromatic heterocycles. The number of aliphatic carboxylic acids is 2. The van der Waals surface area contributed by atoms with Gasteiger partial charge in [0, 0.05) is 18.2 Å². The predicted octanol–water partition coefficient (Wildman–Crippen LogP) is -0.532. The molecule has 3 aromatic carbocycles. The Morgan fingerprint density at radius 3 is 1.90 bits per heavy atom. The van der Waals surface area contributed by atoms with Gasteiger partial charge in [0.1, 0.15) is 91.6 Å². The third kappa shape index (κ3) is 12.4. The highest BCUT2D eigenvalue weighted by atomic mass is 16.7. The van der Waals surface area contributed by atoms with Gasteiger partial charge >= 0.3 is 29.8 Å². The number of aromatic hydroxyl groups is 4. The van der Waals surface area contributed by atoms with Crippen molar-refractivity contribution >= 4 is 42.0 Å². The monoisotopic (exact) mass is 975 g/mol. The van der Waals surface area contributed by atoms with Crippen LogP contribution in [-0.4, -0.2) is 174 Å². The van der Waals surface area contributed by atoms with Crippen LogP contribution in [0.3, 0.4) is 0 Å². The molecule has 2 saturated heterocycles. The smallest absolute Gasteiger partial charge is 0.330 e. The van der Waals surface area contributed by atoms with Gasteiger partial charge in [-0.25, -0.2) is 4.79 Å². The summed E-state index contributed by atoms with van der Waals surface area (Å²) in [5.74, 6) is -8.56. The molecule has 0 saturated carbocycles. The van der Waals surface area contributed by atoms with Gasteiger partial charge in [-0.2, -0.15) is 0 Å². The zero-order chi connectivity index (χ0) is 50.3. The predicted molar refractivity (Wildman–Crippen MR) is 224 cm³/mol. The standard InChI is InChI=1S/C44H46O25/c1-60-25-9-19(10-26(61-2)35(25)54)41-27(66-43-39(58)37(56)36(55)28(67-43)16-62-32(51)8-5-18-3-6-20(45)7-4-18)13-22-23(64-41)11-21(46)12-24(22)65-44-40(59)38(57)42(69-34(53)15-31(49)50)29(68-44)17-63-33(52)14-30(47)48/h3-13,28-29,36-46,54-59H,14-17H2,1-2H3,(H,47,48)(H,49,50)/p+1/b8-5+/t28-,29-,36-,37+,38-,39-,40-,41?,42-,43-,44-/m1/s1. The van der Waals surface area contributed by atoms with E-state index in [-0.39, 0.29) is 45.6 Å². The number of methoxy groups -OCH3 is 2. The summed E-state index contributed by atoms with van der Waals surface area (Å²) in [7, 11) is 2.50. The molecule has 6 rings (SSSR count). The molecule has 2 fully saturated rings. The molecule has 11 atom stereocenters. The maximum absolute atomic E-state index is 12.6. The Hall–Kier alpha value is -7.39. The van der Waals surface area contributed by atoms with Crippen LogP contribution in [-0.2, 0) is 52.4 Å². The molecule has 3 aliphatic rings. The number of benzene rings is 3. The number of esters is 3. The van der Waals surface area contributed by atoms with Crippen LogP contribution in [0.5, 0.6) is 40.2 Å². The molecule has 0 aliphatic carbocycles. The van der Waals surface area contributed by atoms with Crippen LogP contribution in [0, 0.1) is 0 Å². The highest BCUT2D eigenvalue weighted by molar-refractivity contribution is 5.90. The first kappa shape index (κ1) is 51.0. The normalized spacial score (nSPS) is 26.3. The van der Waals surface area contributed by atoms with Crippen molar-refractivity contribution in [2.75, 3.05) is 27.4 Å². The zero-order valence-corrected chi connectivity index (χ0v) is 36.2. The quantitative estimate of drug-likeness (QED) is 0.0252. The van der Waals surface area contributed by atoms with Crippen molar-refractivity contribution in [3.05, 3.63) is 77.1 Å². The molecule has 0 spiro atoms. The first-order valence-corrected chi connectivity index (χ1v) is 20.5. The first-order chi connectivity index (χ1) is 32.8. The molecule has 0 radical (unpaired) electrons. The maximum atomic E-state index is 12.6. The molecule has 3 aromatic rings. The number of carboxylic acids is 2. The number of ether oxygens (including phenoxy) is 10. The maximum Gasteiger partial charge on any atom is 0.330 e. The number of hydrogen-bond donors (Lipinski definition) is 10. The molecular weight excluding hydrogens is 928 g/mol. The van der Waals surface area contributed by atoms with Crippen molar-refractivity contribution in [3.8, 4) is 40.2 Å². The Bertz CT molecular complexity index is 2410. The molecule has 3 aliphatic heterocycles. The number of rotatable bonds is 18. The molecule has 0 amide bonds. The van der Waals surface area contributed by atoms with E-state index in [1.807, 2.05) is 0 Å². The average molecular weight is 976 g/mol. The van der Waals surface area contributed by atoms with E-state index in [0.29, 0.717) is 5.56 Å². The molecule has 69 heavy (non-hydrogen) atoms. The minimum absolute atomic E-state index is 0.00116. The number of aliphatic hydroxyl groups excluding tert-OH is 5. The van der Waals surface area contributed by atoms with Crippen molar-refractivity contribution in [2.45, 2.75) is 80.4 Å². The second-order valence-corrected chi connectivity index (χ2v) is 15.3. The minimum Gasteiger partial charge on any atom is -0.571 e. The number of carboxylic acid groups (broad SMARTS) is 2. The van der Waals surface area contributed by atoms with Crippen LogP contribution in [0.1, 0.15) is 35.6 Å². The fourth-order valence-electron chi connectivity index (χ4n) is 7.10. The Kier molecular flexibility index (Phi) is 16.4. The van der Waals surface area contributed by atoms with Crippen molar-refractivity contribution in [3.63, 3.8) is 0 Å². The molecular formula is C44H47O25+. The number of phenolic OH excluding ortho intramolecular Hbond substituents is 3. The second kappa shape index (κ2) is 22.1. The van der Waals surface area contributed by atoms with Gasteiger partial charge in [0.2, 0.25) is 18.3 Å². The van der Waals surface area contributed by atoms with Crippen molar-refractivity contribution in [2.24, 2.45) is 0 Å². The molecule has 25 heteroatoms. The van der Waals surface area contributed by atoms with Crippen LogP contribution in [0.4, 0.5) is 0 Å². The average Bonchev–Trinajstić information content (AvgIpc) is 3.30. The molecule has 25 nitrogen and oxygen atoms in total. The minimum atomic E-state index is -2.14. The lowest BCUT2D eigenvalue weighted by Gasteiger charge is -2.42. The lowest BCUT2D eigenvalue weighted by atomic mass is 9.98. The highest BCUT2D eigenvalue weighted by Crippen LogP contribution is 2.49. The summed E-state index contributed by atoms with van der Waals surface area (Å²) in [5.41, 5.74) is 0.644. The fraction of sp³-hybridized carbons (Fsp3) is 0.386. The molecule has 1 unspecified atom stereocenters. The molecule has 0 bridgehead atoms. The Balaban J connectivity index is 1.33. The largest absolute Gasteiger partial charge is 0.571 e. The van der Waals surface area contributed by atoms with Gasteiger partial charge in [-0.3, -0.25) is 19.2 Å². The summed E-state index contributed by atoms with van der Waals surface area (Å²) in [6, 6.07) is 10.7. The van der Waals surface area contributed by atoms with Gasteiger partial charge < -0.3 is 98.4 Å².